The van der Waals surface area contributed by atoms with Gasteiger partial charge in [0, 0.05) is 16.5 Å². The maximum absolute atomic E-state index is 9.81. The standard InChI is InChI=1S/C14H8Cl2O3/c15-8-3-7-4-13(19-14(7)11(16)5-8)10-2-1-9(17)6-12(10)18/h1-6,17-18H. The summed E-state index contributed by atoms with van der Waals surface area (Å²) in [6.07, 6.45) is 0. The fourth-order valence-electron chi connectivity index (χ4n) is 1.94. The number of aromatic hydroxyl groups is 2. The molecule has 0 atom stereocenters. The van der Waals surface area contributed by atoms with Crippen molar-refractivity contribution in [2.24, 2.45) is 0 Å². The quantitative estimate of drug-likeness (QED) is 0.677. The molecule has 0 radical (unpaired) electrons. The van der Waals surface area contributed by atoms with E-state index in [1.54, 1.807) is 24.3 Å². The van der Waals surface area contributed by atoms with Crippen molar-refractivity contribution < 1.29 is 14.6 Å². The Kier molecular flexibility index (Phi) is 2.81. The minimum absolute atomic E-state index is 0.0153. The maximum Gasteiger partial charge on any atom is 0.153 e. The van der Waals surface area contributed by atoms with Gasteiger partial charge in [-0.1, -0.05) is 23.2 Å². The Morgan fingerprint density at radius 3 is 2.47 bits per heavy atom. The number of furan rings is 1. The summed E-state index contributed by atoms with van der Waals surface area (Å²) in [6, 6.07) is 9.34. The smallest absolute Gasteiger partial charge is 0.153 e. The molecule has 1 aromatic heterocycles. The van der Waals surface area contributed by atoms with Crippen LogP contribution in [-0.4, -0.2) is 10.2 Å². The summed E-state index contributed by atoms with van der Waals surface area (Å²) < 4.78 is 5.63. The molecule has 19 heavy (non-hydrogen) atoms. The van der Waals surface area contributed by atoms with Crippen molar-refractivity contribution in [2.45, 2.75) is 0 Å². The average Bonchev–Trinajstić information content (AvgIpc) is 2.72. The molecule has 0 bridgehead atoms. The summed E-state index contributed by atoms with van der Waals surface area (Å²) in [5, 5.41) is 20.8. The average molecular weight is 295 g/mol. The maximum atomic E-state index is 9.81. The van der Waals surface area contributed by atoms with Crippen LogP contribution >= 0.6 is 23.2 Å². The van der Waals surface area contributed by atoms with Gasteiger partial charge in [-0.3, -0.25) is 0 Å². The summed E-state index contributed by atoms with van der Waals surface area (Å²) in [5.74, 6) is 0.372. The molecule has 96 valence electrons. The molecule has 0 unspecified atom stereocenters. The van der Waals surface area contributed by atoms with Crippen LogP contribution in [-0.2, 0) is 0 Å². The Balaban J connectivity index is 2.23. The van der Waals surface area contributed by atoms with Crippen LogP contribution in [0.4, 0.5) is 0 Å². The van der Waals surface area contributed by atoms with Crippen molar-refractivity contribution in [3.8, 4) is 22.8 Å². The Bertz CT molecular complexity index is 778. The van der Waals surface area contributed by atoms with Crippen molar-refractivity contribution in [3.63, 3.8) is 0 Å². The van der Waals surface area contributed by atoms with Gasteiger partial charge in [0.1, 0.15) is 17.3 Å². The first kappa shape index (κ1) is 12.2. The molecule has 1 heterocycles. The largest absolute Gasteiger partial charge is 0.508 e. The van der Waals surface area contributed by atoms with Crippen LogP contribution < -0.4 is 0 Å². The van der Waals surface area contributed by atoms with E-state index < -0.39 is 0 Å². The lowest BCUT2D eigenvalue weighted by Crippen LogP contribution is -1.75. The minimum Gasteiger partial charge on any atom is -0.508 e. The predicted octanol–water partition coefficient (Wildman–Crippen LogP) is 4.82. The fourth-order valence-corrected chi connectivity index (χ4v) is 2.48. The second-order valence-corrected chi connectivity index (χ2v) is 4.96. The number of phenolic OH excluding ortho intramolecular Hbond substituents is 2. The first-order valence-electron chi connectivity index (χ1n) is 5.45. The van der Waals surface area contributed by atoms with E-state index in [9.17, 15) is 10.2 Å². The van der Waals surface area contributed by atoms with Crippen LogP contribution in [0.1, 0.15) is 0 Å². The molecule has 0 saturated carbocycles. The molecular formula is C14H8Cl2O3. The van der Waals surface area contributed by atoms with E-state index >= 15 is 0 Å². The summed E-state index contributed by atoms with van der Waals surface area (Å²) >= 11 is 12.0. The van der Waals surface area contributed by atoms with Gasteiger partial charge in [0.25, 0.3) is 0 Å². The Labute approximate surface area is 118 Å². The van der Waals surface area contributed by atoms with E-state index in [4.69, 9.17) is 27.6 Å². The molecule has 0 aliphatic carbocycles. The lowest BCUT2D eigenvalue weighted by molar-refractivity contribution is 0.450. The Morgan fingerprint density at radius 2 is 1.74 bits per heavy atom. The van der Waals surface area contributed by atoms with Crippen molar-refractivity contribution in [1.82, 2.24) is 0 Å². The number of fused-ring (bicyclic) bond motifs is 1. The molecule has 3 nitrogen and oxygen atoms in total. The highest BCUT2D eigenvalue weighted by Crippen LogP contribution is 2.38. The van der Waals surface area contributed by atoms with E-state index in [1.165, 1.54) is 12.1 Å². The molecule has 0 amide bonds. The molecular weight excluding hydrogens is 287 g/mol. The van der Waals surface area contributed by atoms with Crippen LogP contribution in [0.5, 0.6) is 11.5 Å². The lowest BCUT2D eigenvalue weighted by atomic mass is 10.1. The third kappa shape index (κ3) is 2.11. The molecule has 0 aliphatic rings. The van der Waals surface area contributed by atoms with E-state index in [0.29, 0.717) is 27.0 Å². The van der Waals surface area contributed by atoms with Crippen LogP contribution in [0.2, 0.25) is 10.0 Å². The van der Waals surface area contributed by atoms with E-state index in [-0.39, 0.29) is 11.5 Å². The zero-order valence-corrected chi connectivity index (χ0v) is 11.0. The van der Waals surface area contributed by atoms with Crippen molar-refractivity contribution >= 4 is 34.2 Å². The highest BCUT2D eigenvalue weighted by molar-refractivity contribution is 6.38. The van der Waals surface area contributed by atoms with Gasteiger partial charge in [-0.05, 0) is 30.3 Å². The summed E-state index contributed by atoms with van der Waals surface area (Å²) in [5.41, 5.74) is 0.981. The summed E-state index contributed by atoms with van der Waals surface area (Å²) in [6.45, 7) is 0. The molecule has 0 fully saturated rings. The van der Waals surface area contributed by atoms with Crippen LogP contribution in [0, 0.1) is 0 Å². The van der Waals surface area contributed by atoms with Crippen molar-refractivity contribution in [3.05, 3.63) is 46.4 Å². The SMILES string of the molecule is Oc1ccc(-c2cc3cc(Cl)cc(Cl)c3o2)c(O)c1. The number of halogens is 2. The van der Waals surface area contributed by atoms with Crippen molar-refractivity contribution in [2.75, 3.05) is 0 Å². The second kappa shape index (κ2) is 4.37. The number of hydrogen-bond acceptors (Lipinski definition) is 3. The molecule has 3 rings (SSSR count). The predicted molar refractivity (Wildman–Crippen MR) is 75.0 cm³/mol. The lowest BCUT2D eigenvalue weighted by Gasteiger charge is -2.01. The van der Waals surface area contributed by atoms with Gasteiger partial charge in [-0.2, -0.15) is 0 Å². The van der Waals surface area contributed by atoms with E-state index in [1.807, 2.05) is 0 Å². The molecule has 3 aromatic rings. The van der Waals surface area contributed by atoms with E-state index in [0.717, 1.165) is 5.39 Å². The van der Waals surface area contributed by atoms with Gasteiger partial charge in [-0.15, -0.1) is 0 Å². The molecule has 5 heteroatoms. The molecule has 2 aromatic carbocycles. The normalized spacial score (nSPS) is 11.1. The first-order valence-corrected chi connectivity index (χ1v) is 6.21. The second-order valence-electron chi connectivity index (χ2n) is 4.12. The summed E-state index contributed by atoms with van der Waals surface area (Å²) in [4.78, 5) is 0. The van der Waals surface area contributed by atoms with Gasteiger partial charge < -0.3 is 14.6 Å². The third-order valence-corrected chi connectivity index (χ3v) is 3.28. The number of hydrogen-bond donors (Lipinski definition) is 2. The highest BCUT2D eigenvalue weighted by Gasteiger charge is 2.13. The molecule has 2 N–H and O–H groups in total. The number of phenols is 2. The molecule has 0 aliphatic heterocycles. The van der Waals surface area contributed by atoms with Crippen LogP contribution in [0.3, 0.4) is 0 Å². The topological polar surface area (TPSA) is 53.6 Å². The van der Waals surface area contributed by atoms with Gasteiger partial charge in [0.2, 0.25) is 0 Å². The Hall–Kier alpha value is -1.84. The zero-order valence-electron chi connectivity index (χ0n) is 9.52. The third-order valence-electron chi connectivity index (χ3n) is 2.78. The Morgan fingerprint density at radius 1 is 0.947 bits per heavy atom. The van der Waals surface area contributed by atoms with Gasteiger partial charge >= 0.3 is 0 Å². The minimum atomic E-state index is -0.0683. The zero-order chi connectivity index (χ0) is 13.6. The van der Waals surface area contributed by atoms with Crippen LogP contribution in [0.25, 0.3) is 22.3 Å². The molecule has 0 saturated heterocycles. The first-order chi connectivity index (χ1) is 9.04. The fraction of sp³-hybridized carbons (Fsp3) is 0. The van der Waals surface area contributed by atoms with Gasteiger partial charge in [0.05, 0.1) is 10.6 Å². The monoisotopic (exact) mass is 294 g/mol. The highest BCUT2D eigenvalue weighted by atomic mass is 35.5. The summed E-state index contributed by atoms with van der Waals surface area (Å²) in [7, 11) is 0. The van der Waals surface area contributed by atoms with E-state index in [2.05, 4.69) is 0 Å². The molecule has 0 spiro atoms. The van der Waals surface area contributed by atoms with Crippen molar-refractivity contribution in [1.29, 1.82) is 0 Å². The van der Waals surface area contributed by atoms with Crippen LogP contribution in [0.15, 0.2) is 40.8 Å². The number of benzene rings is 2. The number of rotatable bonds is 1. The van der Waals surface area contributed by atoms with Gasteiger partial charge in [0.15, 0.2) is 5.58 Å². The van der Waals surface area contributed by atoms with Gasteiger partial charge in [-0.25, -0.2) is 0 Å².